The zero-order valence-electron chi connectivity index (χ0n) is 12.4. The van der Waals surface area contributed by atoms with Gasteiger partial charge in [-0.1, -0.05) is 6.92 Å². The number of likely N-dealkylation sites (tertiary alicyclic amines) is 1. The molecule has 2 heterocycles. The van der Waals surface area contributed by atoms with Crippen LogP contribution in [0.4, 0.5) is 0 Å². The summed E-state index contributed by atoms with van der Waals surface area (Å²) in [5.74, 6) is 1.06. The molecule has 3 atom stereocenters. The minimum Gasteiger partial charge on any atom is -0.368 e. The Bertz CT molecular complexity index is 433. The number of carbonyl (C=O) groups excluding carboxylic acids is 2. The first-order valence-electron chi connectivity index (χ1n) is 7.30. The Morgan fingerprint density at radius 2 is 1.95 bits per heavy atom. The van der Waals surface area contributed by atoms with Gasteiger partial charge in [0.05, 0.1) is 19.7 Å². The molecule has 20 heavy (non-hydrogen) atoms. The maximum Gasteiger partial charge on any atom is 0.239 e. The van der Waals surface area contributed by atoms with Gasteiger partial charge in [0.2, 0.25) is 11.8 Å². The van der Waals surface area contributed by atoms with Crippen LogP contribution < -0.4 is 5.32 Å². The number of nitrogens with zero attached hydrogens (tertiary/aromatic N) is 2. The minimum atomic E-state index is -0.257. The summed E-state index contributed by atoms with van der Waals surface area (Å²) >= 11 is 0. The number of hydrogen-bond donors (Lipinski definition) is 1. The number of morpholine rings is 1. The predicted molar refractivity (Wildman–Crippen MR) is 73.0 cm³/mol. The third kappa shape index (κ3) is 2.20. The fraction of sp³-hybridized carbons (Fsp3) is 0.857. The van der Waals surface area contributed by atoms with E-state index in [1.807, 2.05) is 16.8 Å². The molecule has 6 nitrogen and oxygen atoms in total. The molecule has 112 valence electrons. The Kier molecular flexibility index (Phi) is 3.25. The lowest BCUT2D eigenvalue weighted by molar-refractivity contribution is -0.201. The third-order valence-corrected chi connectivity index (χ3v) is 4.86. The third-order valence-electron chi connectivity index (χ3n) is 4.86. The Morgan fingerprint density at radius 3 is 2.45 bits per heavy atom. The monoisotopic (exact) mass is 281 g/mol. The standard InChI is InChI=1S/C14H23N3O3/c1-9-4-10(9)13(19)17-7-14(8-17)6-16(3)11(5-20-14)12(18)15-2/h9-11H,4-8H2,1-3H3,(H,15,18). The minimum absolute atomic E-state index is 0.0126. The van der Waals surface area contributed by atoms with Crippen molar-refractivity contribution in [3.05, 3.63) is 0 Å². The summed E-state index contributed by atoms with van der Waals surface area (Å²) < 4.78 is 5.92. The van der Waals surface area contributed by atoms with Crippen LogP contribution in [0.5, 0.6) is 0 Å². The van der Waals surface area contributed by atoms with Crippen LogP contribution in [0.3, 0.4) is 0 Å². The molecule has 0 aromatic carbocycles. The van der Waals surface area contributed by atoms with E-state index in [1.165, 1.54) is 0 Å². The number of nitrogens with one attached hydrogen (secondary N) is 1. The maximum atomic E-state index is 12.1. The second-order valence-electron chi connectivity index (χ2n) is 6.55. The molecule has 0 aromatic rings. The predicted octanol–water partition coefficient (Wildman–Crippen LogP) is -0.700. The molecule has 6 heteroatoms. The maximum absolute atomic E-state index is 12.1. The van der Waals surface area contributed by atoms with Gasteiger partial charge in [0, 0.05) is 19.5 Å². The van der Waals surface area contributed by atoms with Crippen LogP contribution in [-0.2, 0) is 14.3 Å². The highest BCUT2D eigenvalue weighted by Gasteiger charge is 2.54. The van der Waals surface area contributed by atoms with E-state index in [4.69, 9.17) is 4.74 Å². The summed E-state index contributed by atoms with van der Waals surface area (Å²) in [6.07, 6.45) is 1.03. The van der Waals surface area contributed by atoms with Crippen LogP contribution in [-0.4, -0.2) is 73.6 Å². The molecule has 1 spiro atoms. The molecule has 2 aliphatic heterocycles. The van der Waals surface area contributed by atoms with Crippen LogP contribution >= 0.6 is 0 Å². The summed E-state index contributed by atoms with van der Waals surface area (Å²) in [6, 6.07) is -0.223. The van der Waals surface area contributed by atoms with E-state index in [1.54, 1.807) is 7.05 Å². The Balaban J connectivity index is 1.54. The smallest absolute Gasteiger partial charge is 0.239 e. The Hall–Kier alpha value is -1.14. The zero-order chi connectivity index (χ0) is 14.5. The Labute approximate surface area is 119 Å². The lowest BCUT2D eigenvalue weighted by atomic mass is 9.90. The van der Waals surface area contributed by atoms with Crippen molar-refractivity contribution in [1.82, 2.24) is 15.1 Å². The van der Waals surface area contributed by atoms with Gasteiger partial charge in [-0.15, -0.1) is 0 Å². The van der Waals surface area contributed by atoms with E-state index < -0.39 is 0 Å². The van der Waals surface area contributed by atoms with Gasteiger partial charge in [-0.3, -0.25) is 14.5 Å². The van der Waals surface area contributed by atoms with Crippen LogP contribution in [0.1, 0.15) is 13.3 Å². The molecule has 0 aromatic heterocycles. The summed E-state index contributed by atoms with van der Waals surface area (Å²) in [5.41, 5.74) is -0.257. The second kappa shape index (κ2) is 4.70. The van der Waals surface area contributed by atoms with E-state index in [2.05, 4.69) is 12.2 Å². The van der Waals surface area contributed by atoms with Crippen molar-refractivity contribution in [2.75, 3.05) is 40.3 Å². The number of rotatable bonds is 2. The number of carbonyl (C=O) groups is 2. The first-order valence-corrected chi connectivity index (χ1v) is 7.30. The molecule has 3 aliphatic rings. The van der Waals surface area contributed by atoms with E-state index in [-0.39, 0.29) is 29.4 Å². The molecular formula is C14H23N3O3. The fourth-order valence-corrected chi connectivity index (χ4v) is 3.33. The van der Waals surface area contributed by atoms with Crippen LogP contribution in [0.25, 0.3) is 0 Å². The van der Waals surface area contributed by atoms with Crippen LogP contribution in [0, 0.1) is 11.8 Å². The van der Waals surface area contributed by atoms with Crippen molar-refractivity contribution in [3.63, 3.8) is 0 Å². The fourth-order valence-electron chi connectivity index (χ4n) is 3.33. The largest absolute Gasteiger partial charge is 0.368 e. The molecule has 3 fully saturated rings. The van der Waals surface area contributed by atoms with Crippen molar-refractivity contribution >= 4 is 11.8 Å². The lowest BCUT2D eigenvalue weighted by Gasteiger charge is -2.54. The van der Waals surface area contributed by atoms with Crippen molar-refractivity contribution in [2.45, 2.75) is 25.0 Å². The summed E-state index contributed by atoms with van der Waals surface area (Å²) in [5, 5.41) is 2.66. The Morgan fingerprint density at radius 1 is 1.30 bits per heavy atom. The normalized spacial score (nSPS) is 35.5. The van der Waals surface area contributed by atoms with Crippen molar-refractivity contribution < 1.29 is 14.3 Å². The quantitative estimate of drug-likeness (QED) is 0.727. The highest BCUT2D eigenvalue weighted by Crippen LogP contribution is 2.42. The zero-order valence-corrected chi connectivity index (χ0v) is 12.4. The van der Waals surface area contributed by atoms with Crippen LogP contribution in [0.15, 0.2) is 0 Å². The number of amides is 2. The van der Waals surface area contributed by atoms with Gasteiger partial charge >= 0.3 is 0 Å². The summed E-state index contributed by atoms with van der Waals surface area (Å²) in [4.78, 5) is 27.8. The van der Waals surface area contributed by atoms with Crippen molar-refractivity contribution in [3.8, 4) is 0 Å². The van der Waals surface area contributed by atoms with E-state index in [0.29, 0.717) is 32.2 Å². The summed E-state index contributed by atoms with van der Waals surface area (Å²) in [6.45, 7) is 4.56. The van der Waals surface area contributed by atoms with Gasteiger partial charge in [-0.05, 0) is 19.4 Å². The van der Waals surface area contributed by atoms with Gasteiger partial charge in [-0.25, -0.2) is 0 Å². The molecule has 0 radical (unpaired) electrons. The van der Waals surface area contributed by atoms with Gasteiger partial charge in [0.25, 0.3) is 0 Å². The molecule has 3 rings (SSSR count). The van der Waals surface area contributed by atoms with Gasteiger partial charge in [0.1, 0.15) is 11.6 Å². The van der Waals surface area contributed by atoms with Crippen molar-refractivity contribution in [1.29, 1.82) is 0 Å². The van der Waals surface area contributed by atoms with Gasteiger partial charge in [-0.2, -0.15) is 0 Å². The molecule has 1 saturated carbocycles. The van der Waals surface area contributed by atoms with E-state index in [0.717, 1.165) is 6.42 Å². The summed E-state index contributed by atoms with van der Waals surface area (Å²) in [7, 11) is 3.58. The average molecular weight is 281 g/mol. The van der Waals surface area contributed by atoms with E-state index >= 15 is 0 Å². The molecule has 2 amide bonds. The molecule has 3 unspecified atom stereocenters. The first-order chi connectivity index (χ1) is 9.46. The number of ether oxygens (including phenoxy) is 1. The lowest BCUT2D eigenvalue weighted by Crippen LogP contribution is -2.73. The second-order valence-corrected chi connectivity index (χ2v) is 6.55. The first kappa shape index (κ1) is 13.8. The average Bonchev–Trinajstić information content (AvgIpc) is 3.11. The topological polar surface area (TPSA) is 61.9 Å². The highest BCUT2D eigenvalue weighted by molar-refractivity contribution is 5.83. The molecular weight excluding hydrogens is 258 g/mol. The van der Waals surface area contributed by atoms with E-state index in [9.17, 15) is 9.59 Å². The number of hydrogen-bond acceptors (Lipinski definition) is 4. The molecule has 1 aliphatic carbocycles. The molecule has 2 saturated heterocycles. The van der Waals surface area contributed by atoms with Gasteiger partial charge in [0.15, 0.2) is 0 Å². The molecule has 0 bridgehead atoms. The van der Waals surface area contributed by atoms with Crippen molar-refractivity contribution in [2.24, 2.45) is 11.8 Å². The highest BCUT2D eigenvalue weighted by atomic mass is 16.5. The molecule has 1 N–H and O–H groups in total. The number of likely N-dealkylation sites (N-methyl/N-ethyl adjacent to an activating group) is 2. The van der Waals surface area contributed by atoms with Gasteiger partial charge < -0.3 is 15.0 Å². The van der Waals surface area contributed by atoms with Crippen LogP contribution in [0.2, 0.25) is 0 Å². The SMILES string of the molecule is CNC(=O)C1COC2(CN(C(=O)C3CC3C)C2)CN1C.